The number of fused-ring (bicyclic) bond motifs is 1. The molecule has 1 aromatic rings. The fourth-order valence-corrected chi connectivity index (χ4v) is 5.05. The largest absolute Gasteiger partial charge is 0.490 e. The monoisotopic (exact) mass is 471 g/mol. The number of rotatable bonds is 5. The van der Waals surface area contributed by atoms with Crippen molar-refractivity contribution in [3.8, 4) is 5.75 Å². The molecule has 0 spiro atoms. The predicted octanol–water partition coefficient (Wildman–Crippen LogP) is 2.79. The molecule has 8 heteroatoms. The normalized spacial score (nSPS) is 27.2. The van der Waals surface area contributed by atoms with E-state index in [1.165, 1.54) is 25.7 Å². The van der Waals surface area contributed by atoms with Crippen LogP contribution in [-0.4, -0.2) is 60.6 Å². The summed E-state index contributed by atoms with van der Waals surface area (Å²) in [6, 6.07) is 5.04. The third-order valence-electron chi connectivity index (χ3n) is 7.21. The Bertz CT molecular complexity index is 900. The zero-order valence-electron chi connectivity index (χ0n) is 20.3. The van der Waals surface area contributed by atoms with Gasteiger partial charge in [0.05, 0.1) is 6.10 Å². The van der Waals surface area contributed by atoms with Crippen LogP contribution in [0.2, 0.25) is 0 Å². The van der Waals surface area contributed by atoms with Crippen LogP contribution in [0.25, 0.3) is 0 Å². The van der Waals surface area contributed by atoms with Gasteiger partial charge in [-0.2, -0.15) is 0 Å². The van der Waals surface area contributed by atoms with Gasteiger partial charge in [-0.3, -0.25) is 19.7 Å². The summed E-state index contributed by atoms with van der Waals surface area (Å²) in [4.78, 5) is 37.8. The topological polar surface area (TPSA) is 97.0 Å². The molecule has 3 heterocycles. The van der Waals surface area contributed by atoms with Crippen molar-refractivity contribution in [1.82, 2.24) is 15.5 Å². The molecule has 0 bridgehead atoms. The molecule has 2 saturated heterocycles. The lowest BCUT2D eigenvalue weighted by molar-refractivity contribution is -0.136. The fraction of sp³-hybridized carbons (Fsp3) is 0.654. The first kappa shape index (κ1) is 24.7. The molecule has 3 fully saturated rings. The molecule has 1 saturated carbocycles. The van der Waals surface area contributed by atoms with Gasteiger partial charge >= 0.3 is 0 Å². The minimum atomic E-state index is -0.575. The Hall–Kier alpha value is -2.45. The van der Waals surface area contributed by atoms with E-state index in [1.54, 1.807) is 11.0 Å². The molecule has 2 N–H and O–H groups in total. The molecule has 5 rings (SSSR count). The van der Waals surface area contributed by atoms with E-state index in [0.29, 0.717) is 30.6 Å². The molecule has 8 nitrogen and oxygen atoms in total. The van der Waals surface area contributed by atoms with E-state index in [2.05, 4.69) is 17.6 Å². The Morgan fingerprint density at radius 2 is 1.85 bits per heavy atom. The van der Waals surface area contributed by atoms with E-state index in [1.807, 2.05) is 19.1 Å². The highest BCUT2D eigenvalue weighted by Gasteiger charge is 2.39. The smallest absolute Gasteiger partial charge is 0.255 e. The first-order valence-corrected chi connectivity index (χ1v) is 12.7. The van der Waals surface area contributed by atoms with Gasteiger partial charge in [0.1, 0.15) is 17.9 Å². The third kappa shape index (κ3) is 5.78. The second-order valence-corrected chi connectivity index (χ2v) is 9.73. The number of hydrogen-bond acceptors (Lipinski definition) is 6. The predicted molar refractivity (Wildman–Crippen MR) is 127 cm³/mol. The summed E-state index contributed by atoms with van der Waals surface area (Å²) in [7, 11) is 0. The molecule has 3 aliphatic heterocycles. The van der Waals surface area contributed by atoms with Crippen molar-refractivity contribution >= 4 is 17.7 Å². The molecule has 1 unspecified atom stereocenters. The number of carbonyl (C=O) groups excluding carboxylic acids is 3. The Morgan fingerprint density at radius 1 is 1.06 bits per heavy atom. The van der Waals surface area contributed by atoms with E-state index >= 15 is 0 Å². The average Bonchev–Trinajstić information content (AvgIpc) is 2.96. The third-order valence-corrected chi connectivity index (χ3v) is 7.21. The van der Waals surface area contributed by atoms with Crippen molar-refractivity contribution < 1.29 is 23.9 Å². The van der Waals surface area contributed by atoms with Gasteiger partial charge in [-0.05, 0) is 62.3 Å². The molecule has 3 atom stereocenters. The summed E-state index contributed by atoms with van der Waals surface area (Å²) < 4.78 is 11.5. The second kappa shape index (κ2) is 11.3. The maximum Gasteiger partial charge on any atom is 0.255 e. The van der Waals surface area contributed by atoms with Crippen LogP contribution in [0, 0.1) is 5.92 Å². The minimum absolute atomic E-state index is 0.145. The van der Waals surface area contributed by atoms with Gasteiger partial charge in [-0.25, -0.2) is 0 Å². The molecule has 0 aromatic heterocycles. The maximum absolute atomic E-state index is 12.7. The lowest BCUT2D eigenvalue weighted by Gasteiger charge is -2.29. The molecule has 34 heavy (non-hydrogen) atoms. The molecular weight excluding hydrogens is 434 g/mol. The van der Waals surface area contributed by atoms with Crippen LogP contribution < -0.4 is 15.4 Å². The number of piperidine rings is 1. The Labute approximate surface area is 201 Å². The van der Waals surface area contributed by atoms with Crippen LogP contribution in [0.4, 0.5) is 0 Å². The summed E-state index contributed by atoms with van der Waals surface area (Å²) in [6.07, 6.45) is 7.37. The number of amides is 3. The van der Waals surface area contributed by atoms with Crippen molar-refractivity contribution in [3.63, 3.8) is 0 Å². The zero-order chi connectivity index (χ0) is 24.1. The SMILES string of the molecule is CCOC1CNC1.C[C@H]1CCCCC[C@H]1Oc1ccc2c(c1)CN(C1CCC(=O)NC1=O)C2=O. The van der Waals surface area contributed by atoms with Crippen molar-refractivity contribution in [2.45, 2.75) is 83.6 Å². The lowest BCUT2D eigenvalue weighted by atomic mass is 9.99. The quantitative estimate of drug-likeness (QED) is 0.506. The van der Waals surface area contributed by atoms with Crippen molar-refractivity contribution in [2.24, 2.45) is 5.92 Å². The number of ether oxygens (including phenoxy) is 2. The van der Waals surface area contributed by atoms with Gasteiger partial charge in [0, 0.05) is 38.2 Å². The number of imide groups is 1. The standard InChI is InChI=1S/C21H26N2O4.C5H11NO/c1-13-5-3-2-4-6-18(13)27-15-7-8-16-14(11-15)12-23(21(16)26)17-9-10-19(24)22-20(17)25;1-2-7-5-3-6-4-5/h7-8,11,13,17-18H,2-6,9-10,12H2,1H3,(H,22,24,25);5-6H,2-4H2,1H3/t13-,17?,18+;/m0./s1. The summed E-state index contributed by atoms with van der Waals surface area (Å²) >= 11 is 0. The summed E-state index contributed by atoms with van der Waals surface area (Å²) in [5.41, 5.74) is 1.52. The molecular formula is C26H37N3O5. The number of benzene rings is 1. The van der Waals surface area contributed by atoms with Gasteiger partial charge in [0.2, 0.25) is 11.8 Å². The van der Waals surface area contributed by atoms with Crippen LogP contribution in [0.3, 0.4) is 0 Å². The molecule has 3 amide bonds. The van der Waals surface area contributed by atoms with Crippen molar-refractivity contribution in [2.75, 3.05) is 19.7 Å². The summed E-state index contributed by atoms with van der Waals surface area (Å²) in [6.45, 7) is 7.61. The van der Waals surface area contributed by atoms with E-state index in [4.69, 9.17) is 9.47 Å². The fourth-order valence-electron chi connectivity index (χ4n) is 5.05. The molecule has 1 aliphatic carbocycles. The molecule has 186 valence electrons. The first-order valence-electron chi connectivity index (χ1n) is 12.7. The van der Waals surface area contributed by atoms with Gasteiger partial charge < -0.3 is 19.7 Å². The highest BCUT2D eigenvalue weighted by molar-refractivity contribution is 6.05. The van der Waals surface area contributed by atoms with Crippen molar-refractivity contribution in [3.05, 3.63) is 29.3 Å². The van der Waals surface area contributed by atoms with E-state index in [0.717, 1.165) is 37.4 Å². The van der Waals surface area contributed by atoms with Crippen LogP contribution in [-0.2, 0) is 20.9 Å². The summed E-state index contributed by atoms with van der Waals surface area (Å²) in [5.74, 6) is 0.534. The first-order chi connectivity index (χ1) is 16.5. The average molecular weight is 472 g/mol. The van der Waals surface area contributed by atoms with Crippen LogP contribution in [0.1, 0.15) is 74.7 Å². The summed E-state index contributed by atoms with van der Waals surface area (Å²) in [5, 5.41) is 5.45. The number of hydrogen-bond donors (Lipinski definition) is 2. The van der Waals surface area contributed by atoms with Gasteiger partial charge in [0.15, 0.2) is 0 Å². The highest BCUT2D eigenvalue weighted by Crippen LogP contribution is 2.32. The van der Waals surface area contributed by atoms with Gasteiger partial charge in [-0.1, -0.05) is 19.8 Å². The zero-order valence-corrected chi connectivity index (χ0v) is 20.3. The Balaban J connectivity index is 0.000000336. The maximum atomic E-state index is 12.7. The van der Waals surface area contributed by atoms with Gasteiger partial charge in [-0.15, -0.1) is 0 Å². The lowest BCUT2D eigenvalue weighted by Crippen LogP contribution is -2.52. The van der Waals surface area contributed by atoms with E-state index < -0.39 is 6.04 Å². The molecule has 1 aromatic carbocycles. The number of nitrogens with one attached hydrogen (secondary N) is 2. The van der Waals surface area contributed by atoms with Gasteiger partial charge in [0.25, 0.3) is 5.91 Å². The Kier molecular flexibility index (Phi) is 8.21. The Morgan fingerprint density at radius 3 is 2.53 bits per heavy atom. The number of nitrogens with zero attached hydrogens (tertiary/aromatic N) is 1. The van der Waals surface area contributed by atoms with Crippen LogP contribution >= 0.6 is 0 Å². The molecule has 4 aliphatic rings. The highest BCUT2D eigenvalue weighted by atomic mass is 16.5. The van der Waals surface area contributed by atoms with E-state index in [9.17, 15) is 14.4 Å². The van der Waals surface area contributed by atoms with Crippen LogP contribution in [0.15, 0.2) is 18.2 Å². The van der Waals surface area contributed by atoms with Crippen molar-refractivity contribution in [1.29, 1.82) is 0 Å². The van der Waals surface area contributed by atoms with Crippen LogP contribution in [0.5, 0.6) is 5.75 Å². The minimum Gasteiger partial charge on any atom is -0.490 e. The number of carbonyl (C=O) groups is 3. The molecule has 0 radical (unpaired) electrons. The second-order valence-electron chi connectivity index (χ2n) is 9.73. The van der Waals surface area contributed by atoms with E-state index in [-0.39, 0.29) is 30.2 Å².